The van der Waals surface area contributed by atoms with Crippen molar-refractivity contribution in [2.75, 3.05) is 0 Å². The van der Waals surface area contributed by atoms with Crippen LogP contribution in [0.4, 0.5) is 17.6 Å². The first-order valence-corrected chi connectivity index (χ1v) is 11.5. The molecule has 0 radical (unpaired) electrons. The Morgan fingerprint density at radius 3 is 2.63 bits per heavy atom. The normalized spacial score (nSPS) is 11.7. The Hall–Kier alpha value is -4.54. The van der Waals surface area contributed by atoms with Gasteiger partial charge in [-0.3, -0.25) is 14.5 Å². The average molecular weight is 523 g/mol. The molecule has 0 N–H and O–H groups in total. The Morgan fingerprint density at radius 1 is 1.08 bits per heavy atom. The Morgan fingerprint density at radius 2 is 1.89 bits per heavy atom. The topological polar surface area (TPSA) is 74.8 Å². The maximum Gasteiger partial charge on any atom is 0.421 e. The van der Waals surface area contributed by atoms with Crippen LogP contribution >= 0.6 is 0 Å². The molecule has 4 heterocycles. The van der Waals surface area contributed by atoms with Gasteiger partial charge in [-0.25, -0.2) is 9.37 Å². The van der Waals surface area contributed by atoms with Crippen LogP contribution in [0, 0.1) is 12.7 Å². The van der Waals surface area contributed by atoms with Crippen molar-refractivity contribution in [1.82, 2.24) is 24.3 Å². The summed E-state index contributed by atoms with van der Waals surface area (Å²) in [5, 5.41) is 5.08. The molecule has 0 amide bonds. The van der Waals surface area contributed by atoms with Crippen molar-refractivity contribution in [2.24, 2.45) is 7.05 Å². The first kappa shape index (κ1) is 25.1. The van der Waals surface area contributed by atoms with Crippen molar-refractivity contribution in [3.63, 3.8) is 0 Å². The van der Waals surface area contributed by atoms with E-state index in [2.05, 4.69) is 15.1 Å². The molecule has 0 aliphatic rings. The minimum Gasteiger partial charge on any atom is -0.485 e. The summed E-state index contributed by atoms with van der Waals surface area (Å²) in [5.74, 6) is -0.241. The highest BCUT2D eigenvalue weighted by atomic mass is 19.4. The van der Waals surface area contributed by atoms with Crippen molar-refractivity contribution in [3.8, 4) is 17.0 Å². The molecule has 194 valence electrons. The number of ether oxygens (including phenoxy) is 1. The lowest BCUT2D eigenvalue weighted by Gasteiger charge is -2.15. The largest absolute Gasteiger partial charge is 0.485 e. The Bertz CT molecular complexity index is 1710. The van der Waals surface area contributed by atoms with E-state index in [1.54, 1.807) is 16.9 Å². The van der Waals surface area contributed by atoms with Crippen molar-refractivity contribution < 1.29 is 22.3 Å². The number of benzene rings is 1. The molecule has 0 bridgehead atoms. The maximum absolute atomic E-state index is 14.1. The summed E-state index contributed by atoms with van der Waals surface area (Å²) >= 11 is 0. The van der Waals surface area contributed by atoms with Crippen LogP contribution < -0.4 is 10.3 Å². The van der Waals surface area contributed by atoms with Crippen LogP contribution in [0.2, 0.25) is 0 Å². The van der Waals surface area contributed by atoms with Crippen LogP contribution in [0.25, 0.3) is 22.2 Å². The number of halogens is 4. The van der Waals surface area contributed by atoms with E-state index in [0.29, 0.717) is 17.3 Å². The molecule has 38 heavy (non-hydrogen) atoms. The Balaban J connectivity index is 1.49. The number of fused-ring (bicyclic) bond motifs is 1. The van der Waals surface area contributed by atoms with E-state index >= 15 is 0 Å². The van der Waals surface area contributed by atoms with Gasteiger partial charge in [0.2, 0.25) is 0 Å². The fraction of sp³-hybridized carbons (Fsp3) is 0.185. The van der Waals surface area contributed by atoms with Gasteiger partial charge >= 0.3 is 6.18 Å². The van der Waals surface area contributed by atoms with Crippen LogP contribution in [0.3, 0.4) is 0 Å². The first-order valence-electron chi connectivity index (χ1n) is 11.5. The van der Waals surface area contributed by atoms with Crippen molar-refractivity contribution in [1.29, 1.82) is 0 Å². The molecular formula is C27H21F4N5O2. The fourth-order valence-corrected chi connectivity index (χ4v) is 4.30. The van der Waals surface area contributed by atoms with Gasteiger partial charge in [0.15, 0.2) is 0 Å². The van der Waals surface area contributed by atoms with E-state index < -0.39 is 23.1 Å². The molecule has 0 unspecified atom stereocenters. The molecule has 0 saturated heterocycles. The number of rotatable bonds is 6. The average Bonchev–Trinajstić information content (AvgIpc) is 3.29. The quantitative estimate of drug-likeness (QED) is 0.283. The number of pyridine rings is 3. The summed E-state index contributed by atoms with van der Waals surface area (Å²) in [4.78, 5) is 21.1. The third kappa shape index (κ3) is 4.86. The minimum atomic E-state index is -4.81. The van der Waals surface area contributed by atoms with Gasteiger partial charge in [0.25, 0.3) is 5.56 Å². The predicted molar refractivity (Wildman–Crippen MR) is 132 cm³/mol. The summed E-state index contributed by atoms with van der Waals surface area (Å²) in [6.07, 6.45) is -0.900. The molecule has 0 atom stereocenters. The highest BCUT2D eigenvalue weighted by Gasteiger charge is 2.34. The van der Waals surface area contributed by atoms with E-state index in [-0.39, 0.29) is 24.4 Å². The Kier molecular flexibility index (Phi) is 6.43. The van der Waals surface area contributed by atoms with Crippen molar-refractivity contribution in [2.45, 2.75) is 26.3 Å². The number of hydrogen-bond donors (Lipinski definition) is 0. The second-order valence-electron chi connectivity index (χ2n) is 8.70. The number of aromatic nitrogens is 5. The number of aryl methyl sites for hydroxylation is 2. The van der Waals surface area contributed by atoms with Crippen molar-refractivity contribution >= 4 is 10.9 Å². The zero-order valence-corrected chi connectivity index (χ0v) is 20.3. The maximum atomic E-state index is 14.1. The molecule has 0 spiro atoms. The molecule has 5 aromatic rings. The molecule has 7 nitrogen and oxygen atoms in total. The van der Waals surface area contributed by atoms with Gasteiger partial charge in [-0.1, -0.05) is 12.1 Å². The Labute approximate surface area is 214 Å². The van der Waals surface area contributed by atoms with Crippen LogP contribution in [0.15, 0.2) is 71.9 Å². The summed E-state index contributed by atoms with van der Waals surface area (Å²) in [6.45, 7) is 1.42. The number of para-hydroxylation sites is 1. The molecule has 5 rings (SSSR count). The molecule has 0 aliphatic carbocycles. The smallest absolute Gasteiger partial charge is 0.421 e. The third-order valence-corrected chi connectivity index (χ3v) is 6.08. The van der Waals surface area contributed by atoms with Gasteiger partial charge in [-0.05, 0) is 48.9 Å². The molecular weight excluding hydrogens is 502 g/mol. The van der Waals surface area contributed by atoms with E-state index in [1.807, 2.05) is 38.2 Å². The fourth-order valence-electron chi connectivity index (χ4n) is 4.30. The first-order chi connectivity index (χ1) is 18.1. The lowest BCUT2D eigenvalue weighted by molar-refractivity contribution is -0.138. The van der Waals surface area contributed by atoms with Gasteiger partial charge in [-0.2, -0.15) is 18.3 Å². The van der Waals surface area contributed by atoms with Crippen LogP contribution in [0.1, 0.15) is 22.5 Å². The van der Waals surface area contributed by atoms with Crippen molar-refractivity contribution in [3.05, 3.63) is 106 Å². The van der Waals surface area contributed by atoms with Crippen LogP contribution in [0.5, 0.6) is 5.75 Å². The van der Waals surface area contributed by atoms with Crippen LogP contribution in [-0.2, 0) is 26.4 Å². The van der Waals surface area contributed by atoms with Gasteiger partial charge < -0.3 is 9.30 Å². The van der Waals surface area contributed by atoms with Crippen LogP contribution in [-0.4, -0.2) is 24.3 Å². The summed E-state index contributed by atoms with van der Waals surface area (Å²) < 4.78 is 62.3. The lowest BCUT2D eigenvalue weighted by atomic mass is 10.0. The zero-order chi connectivity index (χ0) is 27.0. The number of hydrogen-bond acceptors (Lipinski definition) is 5. The summed E-state index contributed by atoms with van der Waals surface area (Å²) in [6, 6.07) is 12.3. The minimum absolute atomic E-state index is 0.126. The second kappa shape index (κ2) is 9.73. The standard InChI is InChI=1S/C27H21F4N5O2/c1-16-11-20(23-8-9-33-35(23)2)19-5-3-7-24(25(19)34-16)38-15-22-17(12-18(28)13-32-22)14-36-10-4-6-21(26(36)37)27(29,30)31/h3-13H,14-15H2,1-2H3. The van der Waals surface area contributed by atoms with Gasteiger partial charge in [0.05, 0.1) is 24.1 Å². The molecule has 0 fully saturated rings. The highest BCUT2D eigenvalue weighted by Crippen LogP contribution is 2.33. The summed E-state index contributed by atoms with van der Waals surface area (Å²) in [5.41, 5.74) is 1.12. The molecule has 1 aromatic carbocycles. The molecule has 0 aliphatic heterocycles. The molecule has 4 aromatic heterocycles. The predicted octanol–water partition coefficient (Wildman–Crippen LogP) is 5.29. The number of nitrogens with zero attached hydrogens (tertiary/aromatic N) is 5. The third-order valence-electron chi connectivity index (χ3n) is 6.08. The zero-order valence-electron chi connectivity index (χ0n) is 20.3. The van der Waals surface area contributed by atoms with Gasteiger partial charge in [0, 0.05) is 36.1 Å². The SMILES string of the molecule is Cc1cc(-c2ccnn2C)c2cccc(OCc3ncc(F)cc3Cn3cccc(C(F)(F)F)c3=O)c2n1. The van der Waals surface area contributed by atoms with Gasteiger partial charge in [-0.15, -0.1) is 0 Å². The van der Waals surface area contributed by atoms with E-state index in [9.17, 15) is 22.4 Å². The van der Waals surface area contributed by atoms with E-state index in [4.69, 9.17) is 4.74 Å². The molecule has 0 saturated carbocycles. The molecule has 11 heteroatoms. The lowest BCUT2D eigenvalue weighted by Crippen LogP contribution is -2.28. The highest BCUT2D eigenvalue weighted by molar-refractivity contribution is 5.96. The summed E-state index contributed by atoms with van der Waals surface area (Å²) in [7, 11) is 1.84. The monoisotopic (exact) mass is 523 g/mol. The number of alkyl halides is 3. The second-order valence-corrected chi connectivity index (χ2v) is 8.70. The van der Waals surface area contributed by atoms with Gasteiger partial charge in [0.1, 0.15) is 29.3 Å². The van der Waals surface area contributed by atoms with E-state index in [1.165, 1.54) is 6.20 Å². The van der Waals surface area contributed by atoms with E-state index in [0.717, 1.165) is 45.2 Å².